The molecule has 1 aliphatic rings. The summed E-state index contributed by atoms with van der Waals surface area (Å²) < 4.78 is 0. The fourth-order valence-electron chi connectivity index (χ4n) is 3.42. The molecule has 0 saturated heterocycles. The van der Waals surface area contributed by atoms with Crippen molar-refractivity contribution >= 4 is 29.3 Å². The van der Waals surface area contributed by atoms with Gasteiger partial charge in [0.05, 0.1) is 22.4 Å². The van der Waals surface area contributed by atoms with Crippen LogP contribution < -0.4 is 10.6 Å². The standard InChI is InChI=1S/C24H27N3O4/c1-15-11-12-16-18(14-15)23(31)27(22(16)30)13-7-10-20(28)25-19-9-6-5-8-17(19)21(29)26-24(2,3)4/h5-6,8-9,11-12,14H,7,10,13H2,1-4H3,(H,25,28)(H,26,29). The number of imide groups is 1. The molecule has 0 aliphatic carbocycles. The minimum absolute atomic E-state index is 0.113. The maximum Gasteiger partial charge on any atom is 0.261 e. The van der Waals surface area contributed by atoms with Gasteiger partial charge in [-0.2, -0.15) is 0 Å². The second-order valence-corrected chi connectivity index (χ2v) is 8.71. The van der Waals surface area contributed by atoms with Gasteiger partial charge in [-0.1, -0.05) is 23.8 Å². The number of nitrogens with one attached hydrogen (secondary N) is 2. The Balaban J connectivity index is 1.58. The van der Waals surface area contributed by atoms with Crippen LogP contribution in [0.4, 0.5) is 5.69 Å². The van der Waals surface area contributed by atoms with Crippen molar-refractivity contribution in [2.45, 2.75) is 46.1 Å². The van der Waals surface area contributed by atoms with E-state index in [2.05, 4.69) is 10.6 Å². The molecule has 0 spiro atoms. The van der Waals surface area contributed by atoms with Crippen LogP contribution in [-0.4, -0.2) is 40.6 Å². The van der Waals surface area contributed by atoms with Crippen LogP contribution in [0, 0.1) is 6.92 Å². The highest BCUT2D eigenvalue weighted by molar-refractivity contribution is 6.21. The first-order valence-electron chi connectivity index (χ1n) is 10.2. The van der Waals surface area contributed by atoms with Gasteiger partial charge >= 0.3 is 0 Å². The smallest absolute Gasteiger partial charge is 0.261 e. The third kappa shape index (κ3) is 5.17. The lowest BCUT2D eigenvalue weighted by molar-refractivity contribution is -0.116. The number of aryl methyl sites for hydroxylation is 1. The van der Waals surface area contributed by atoms with E-state index in [9.17, 15) is 19.2 Å². The largest absolute Gasteiger partial charge is 0.347 e. The Morgan fingerprint density at radius 2 is 1.65 bits per heavy atom. The van der Waals surface area contributed by atoms with Crippen molar-refractivity contribution in [2.75, 3.05) is 11.9 Å². The van der Waals surface area contributed by atoms with E-state index in [0.717, 1.165) is 5.56 Å². The lowest BCUT2D eigenvalue weighted by Crippen LogP contribution is -2.40. The summed E-state index contributed by atoms with van der Waals surface area (Å²) in [6.45, 7) is 7.67. The maximum absolute atomic E-state index is 12.5. The van der Waals surface area contributed by atoms with Crippen molar-refractivity contribution in [3.05, 3.63) is 64.7 Å². The fourth-order valence-corrected chi connectivity index (χ4v) is 3.42. The summed E-state index contributed by atoms with van der Waals surface area (Å²) in [5.41, 5.74) is 2.12. The Morgan fingerprint density at radius 1 is 0.968 bits per heavy atom. The molecule has 0 unspecified atom stereocenters. The molecule has 0 fully saturated rings. The van der Waals surface area contributed by atoms with Gasteiger partial charge in [0, 0.05) is 18.5 Å². The molecule has 7 nitrogen and oxygen atoms in total. The van der Waals surface area contributed by atoms with E-state index in [0.29, 0.717) is 28.8 Å². The molecule has 0 atom stereocenters. The second-order valence-electron chi connectivity index (χ2n) is 8.71. The summed E-state index contributed by atoms with van der Waals surface area (Å²) in [4.78, 5) is 51.1. The van der Waals surface area contributed by atoms with Crippen molar-refractivity contribution < 1.29 is 19.2 Å². The number of nitrogens with zero attached hydrogens (tertiary/aromatic N) is 1. The SMILES string of the molecule is Cc1ccc2c(c1)C(=O)N(CCCC(=O)Nc1ccccc1C(=O)NC(C)(C)C)C2=O. The number of hydrogen-bond acceptors (Lipinski definition) is 4. The topological polar surface area (TPSA) is 95.6 Å². The minimum Gasteiger partial charge on any atom is -0.347 e. The predicted molar refractivity (Wildman–Crippen MR) is 118 cm³/mol. The molecule has 3 rings (SSSR count). The summed E-state index contributed by atoms with van der Waals surface area (Å²) in [7, 11) is 0. The van der Waals surface area contributed by atoms with Crippen LogP contribution in [0.2, 0.25) is 0 Å². The van der Waals surface area contributed by atoms with E-state index in [1.807, 2.05) is 27.7 Å². The minimum atomic E-state index is -0.404. The quantitative estimate of drug-likeness (QED) is 0.698. The number of hydrogen-bond donors (Lipinski definition) is 2. The Labute approximate surface area is 181 Å². The number of para-hydroxylation sites is 1. The van der Waals surface area contributed by atoms with Crippen LogP contribution in [0.15, 0.2) is 42.5 Å². The molecule has 0 aromatic heterocycles. The van der Waals surface area contributed by atoms with Gasteiger partial charge < -0.3 is 10.6 Å². The number of amides is 4. The highest BCUT2D eigenvalue weighted by Gasteiger charge is 2.35. The average molecular weight is 421 g/mol. The van der Waals surface area contributed by atoms with Crippen molar-refractivity contribution in [1.29, 1.82) is 0 Å². The van der Waals surface area contributed by atoms with E-state index in [-0.39, 0.29) is 36.6 Å². The zero-order chi connectivity index (χ0) is 22.8. The molecule has 7 heteroatoms. The average Bonchev–Trinajstić information content (AvgIpc) is 2.91. The summed E-state index contributed by atoms with van der Waals surface area (Å²) in [6, 6.07) is 12.0. The Morgan fingerprint density at radius 3 is 2.35 bits per heavy atom. The van der Waals surface area contributed by atoms with Gasteiger partial charge in [0.2, 0.25) is 5.91 Å². The zero-order valence-electron chi connectivity index (χ0n) is 18.2. The third-order valence-corrected chi connectivity index (χ3v) is 4.85. The van der Waals surface area contributed by atoms with Gasteiger partial charge in [0.1, 0.15) is 0 Å². The Kier molecular flexibility index (Phi) is 6.24. The summed E-state index contributed by atoms with van der Waals surface area (Å²) >= 11 is 0. The Hall–Kier alpha value is -3.48. The molecular weight excluding hydrogens is 394 g/mol. The van der Waals surface area contributed by atoms with Crippen molar-refractivity contribution in [2.24, 2.45) is 0 Å². The first-order valence-corrected chi connectivity index (χ1v) is 10.2. The summed E-state index contributed by atoms with van der Waals surface area (Å²) in [5, 5.41) is 5.64. The van der Waals surface area contributed by atoms with Gasteiger partial charge in [-0.05, 0) is 58.4 Å². The highest BCUT2D eigenvalue weighted by atomic mass is 16.2. The summed E-state index contributed by atoms with van der Waals surface area (Å²) in [6.07, 6.45) is 0.439. The molecule has 1 aliphatic heterocycles. The highest BCUT2D eigenvalue weighted by Crippen LogP contribution is 2.24. The maximum atomic E-state index is 12.5. The van der Waals surface area contributed by atoms with E-state index in [1.54, 1.807) is 42.5 Å². The van der Waals surface area contributed by atoms with Crippen molar-refractivity contribution in [3.8, 4) is 0 Å². The van der Waals surface area contributed by atoms with Gasteiger partial charge in [-0.15, -0.1) is 0 Å². The van der Waals surface area contributed by atoms with Crippen LogP contribution in [0.5, 0.6) is 0 Å². The number of rotatable bonds is 6. The summed E-state index contributed by atoms with van der Waals surface area (Å²) in [5.74, 6) is -1.22. The van der Waals surface area contributed by atoms with Crippen LogP contribution in [-0.2, 0) is 4.79 Å². The van der Waals surface area contributed by atoms with Crippen LogP contribution in [0.3, 0.4) is 0 Å². The lowest BCUT2D eigenvalue weighted by Gasteiger charge is -2.21. The first kappa shape index (κ1) is 22.2. The van der Waals surface area contributed by atoms with Crippen LogP contribution in [0.25, 0.3) is 0 Å². The van der Waals surface area contributed by atoms with E-state index in [4.69, 9.17) is 0 Å². The molecule has 1 heterocycles. The number of fused-ring (bicyclic) bond motifs is 1. The van der Waals surface area contributed by atoms with Crippen molar-refractivity contribution in [1.82, 2.24) is 10.2 Å². The van der Waals surface area contributed by atoms with E-state index in [1.165, 1.54) is 4.90 Å². The number of carbonyl (C=O) groups excluding carboxylic acids is 4. The normalized spacial score (nSPS) is 13.2. The monoisotopic (exact) mass is 421 g/mol. The fraction of sp³-hybridized carbons (Fsp3) is 0.333. The number of anilines is 1. The molecule has 0 radical (unpaired) electrons. The van der Waals surface area contributed by atoms with Crippen LogP contribution in [0.1, 0.15) is 70.3 Å². The molecule has 4 amide bonds. The first-order chi connectivity index (χ1) is 14.6. The molecule has 2 aromatic carbocycles. The second kappa shape index (κ2) is 8.71. The lowest BCUT2D eigenvalue weighted by atomic mass is 10.1. The van der Waals surface area contributed by atoms with Gasteiger partial charge in [-0.3, -0.25) is 24.1 Å². The molecule has 0 bridgehead atoms. The number of benzene rings is 2. The van der Waals surface area contributed by atoms with Gasteiger partial charge in [0.15, 0.2) is 0 Å². The third-order valence-electron chi connectivity index (χ3n) is 4.85. The predicted octanol–water partition coefficient (Wildman–Crippen LogP) is 3.54. The molecule has 0 saturated carbocycles. The number of carbonyl (C=O) groups is 4. The molecule has 31 heavy (non-hydrogen) atoms. The van der Waals surface area contributed by atoms with Crippen molar-refractivity contribution in [3.63, 3.8) is 0 Å². The zero-order valence-corrected chi connectivity index (χ0v) is 18.2. The Bertz CT molecular complexity index is 1050. The van der Waals surface area contributed by atoms with E-state index >= 15 is 0 Å². The van der Waals surface area contributed by atoms with E-state index < -0.39 is 5.54 Å². The molecule has 2 aromatic rings. The molecule has 162 valence electrons. The molecular formula is C24H27N3O4. The van der Waals surface area contributed by atoms with Crippen LogP contribution >= 0.6 is 0 Å². The van der Waals surface area contributed by atoms with Gasteiger partial charge in [-0.25, -0.2) is 0 Å². The van der Waals surface area contributed by atoms with Gasteiger partial charge in [0.25, 0.3) is 17.7 Å². The molecule has 2 N–H and O–H groups in total.